The Hall–Kier alpha value is -0.360. The Balaban J connectivity index is 3.43. The molecule has 0 aliphatic rings. The monoisotopic (exact) mass is 199 g/mol. The molecular weight excluding hydrogens is 188 g/mol. The molecule has 0 radical (unpaired) electrons. The summed E-state index contributed by atoms with van der Waals surface area (Å²) in [5.74, 6) is -2.81. The van der Waals surface area contributed by atoms with Crippen LogP contribution in [0.25, 0.3) is 0 Å². The maximum atomic E-state index is 11.6. The summed E-state index contributed by atoms with van der Waals surface area (Å²) in [6.45, 7) is 0. The van der Waals surface area contributed by atoms with Crippen LogP contribution >= 0.6 is 11.8 Å². The number of methoxy groups -OCH3 is 1. The minimum absolute atomic E-state index is 0.161. The standard InChI is InChI=1S/C6H11F2NO2S/c1-11-5(10)4(9)2-3-12-6(7)8/h4,6H,2-3,9H2,1H3/t4-/m0/s1. The highest BCUT2D eigenvalue weighted by Crippen LogP contribution is 2.14. The maximum absolute atomic E-state index is 11.6. The second kappa shape index (κ2) is 6.19. The number of rotatable bonds is 5. The smallest absolute Gasteiger partial charge is 0.322 e. The van der Waals surface area contributed by atoms with Crippen LogP contribution in [0.1, 0.15) is 6.42 Å². The van der Waals surface area contributed by atoms with Crippen molar-refractivity contribution in [2.75, 3.05) is 12.9 Å². The molecule has 0 aromatic carbocycles. The number of hydrogen-bond acceptors (Lipinski definition) is 4. The molecule has 3 nitrogen and oxygen atoms in total. The SMILES string of the molecule is COC(=O)[C@@H](N)CCSC(F)F. The first-order chi connectivity index (χ1) is 5.57. The summed E-state index contributed by atoms with van der Waals surface area (Å²) in [6, 6.07) is -0.791. The van der Waals surface area contributed by atoms with Crippen LogP contribution in [-0.2, 0) is 9.53 Å². The molecule has 0 saturated carbocycles. The van der Waals surface area contributed by atoms with Crippen molar-refractivity contribution >= 4 is 17.7 Å². The topological polar surface area (TPSA) is 52.3 Å². The predicted octanol–water partition coefficient (Wildman–Crippen LogP) is 0.833. The molecule has 72 valence electrons. The van der Waals surface area contributed by atoms with Gasteiger partial charge in [-0.25, -0.2) is 0 Å². The van der Waals surface area contributed by atoms with Crippen molar-refractivity contribution < 1.29 is 18.3 Å². The van der Waals surface area contributed by atoms with Gasteiger partial charge in [0.1, 0.15) is 6.04 Å². The highest BCUT2D eigenvalue weighted by molar-refractivity contribution is 7.99. The van der Waals surface area contributed by atoms with Crippen LogP contribution < -0.4 is 5.73 Å². The minimum atomic E-state index is -2.41. The third-order valence-corrected chi connectivity index (χ3v) is 1.90. The van der Waals surface area contributed by atoms with E-state index >= 15 is 0 Å². The Morgan fingerprint density at radius 3 is 2.67 bits per heavy atom. The van der Waals surface area contributed by atoms with Crippen molar-refractivity contribution in [1.29, 1.82) is 0 Å². The third-order valence-electron chi connectivity index (χ3n) is 1.18. The zero-order chi connectivity index (χ0) is 9.56. The zero-order valence-corrected chi connectivity index (χ0v) is 7.44. The molecule has 2 N–H and O–H groups in total. The summed E-state index contributed by atoms with van der Waals surface area (Å²) in [7, 11) is 1.21. The molecule has 0 aromatic rings. The molecule has 0 bridgehead atoms. The summed E-state index contributed by atoms with van der Waals surface area (Å²) in [4.78, 5) is 10.6. The van der Waals surface area contributed by atoms with Crippen LogP contribution in [0, 0.1) is 0 Å². The zero-order valence-electron chi connectivity index (χ0n) is 6.63. The molecule has 0 aliphatic heterocycles. The fourth-order valence-corrected chi connectivity index (χ4v) is 1.12. The highest BCUT2D eigenvalue weighted by atomic mass is 32.2. The lowest BCUT2D eigenvalue weighted by Gasteiger charge is -2.07. The molecule has 0 amide bonds. The van der Waals surface area contributed by atoms with Crippen molar-refractivity contribution in [3.05, 3.63) is 0 Å². The van der Waals surface area contributed by atoms with Gasteiger partial charge in [-0.3, -0.25) is 4.79 Å². The number of nitrogens with two attached hydrogens (primary N) is 1. The van der Waals surface area contributed by atoms with E-state index in [1.807, 2.05) is 0 Å². The summed E-state index contributed by atoms with van der Waals surface area (Å²) in [5.41, 5.74) is 5.28. The molecule has 0 rings (SSSR count). The van der Waals surface area contributed by atoms with Crippen LogP contribution in [-0.4, -0.2) is 30.6 Å². The van der Waals surface area contributed by atoms with Crippen molar-refractivity contribution in [3.63, 3.8) is 0 Å². The first-order valence-corrected chi connectivity index (χ1v) is 4.36. The van der Waals surface area contributed by atoms with Gasteiger partial charge in [-0.15, -0.1) is 0 Å². The van der Waals surface area contributed by atoms with E-state index in [4.69, 9.17) is 5.73 Å². The van der Waals surface area contributed by atoms with E-state index in [9.17, 15) is 13.6 Å². The van der Waals surface area contributed by atoms with Gasteiger partial charge in [0.15, 0.2) is 0 Å². The van der Waals surface area contributed by atoms with E-state index in [2.05, 4.69) is 4.74 Å². The third kappa shape index (κ3) is 5.31. The van der Waals surface area contributed by atoms with E-state index in [1.165, 1.54) is 7.11 Å². The van der Waals surface area contributed by atoms with Crippen LogP contribution in [0.3, 0.4) is 0 Å². The molecule has 0 heterocycles. The molecule has 1 atom stereocenters. The highest BCUT2D eigenvalue weighted by Gasteiger charge is 2.14. The number of ether oxygens (including phenoxy) is 1. The molecule has 0 aliphatic carbocycles. The Labute approximate surface area is 73.6 Å². The van der Waals surface area contributed by atoms with Crippen molar-refractivity contribution in [2.45, 2.75) is 18.2 Å². The van der Waals surface area contributed by atoms with Gasteiger partial charge in [0.05, 0.1) is 7.11 Å². The Morgan fingerprint density at radius 2 is 2.25 bits per heavy atom. The van der Waals surface area contributed by atoms with Gasteiger partial charge in [-0.1, -0.05) is 11.8 Å². The minimum Gasteiger partial charge on any atom is -0.468 e. The fourth-order valence-electron chi connectivity index (χ4n) is 0.553. The van der Waals surface area contributed by atoms with Crippen LogP contribution in [0.15, 0.2) is 0 Å². The van der Waals surface area contributed by atoms with Crippen molar-refractivity contribution in [1.82, 2.24) is 0 Å². The van der Waals surface area contributed by atoms with Gasteiger partial charge in [0.2, 0.25) is 0 Å². The number of thioether (sulfide) groups is 1. The summed E-state index contributed by atoms with van der Waals surface area (Å²) in [6.07, 6.45) is 0.210. The predicted molar refractivity (Wildman–Crippen MR) is 43.1 cm³/mol. The van der Waals surface area contributed by atoms with Gasteiger partial charge in [0.25, 0.3) is 5.76 Å². The van der Waals surface area contributed by atoms with Crippen LogP contribution in [0.5, 0.6) is 0 Å². The molecule has 12 heavy (non-hydrogen) atoms. The van der Waals surface area contributed by atoms with E-state index in [1.54, 1.807) is 0 Å². The first kappa shape index (κ1) is 11.6. The number of esters is 1. The number of halogens is 2. The van der Waals surface area contributed by atoms with E-state index in [-0.39, 0.29) is 12.2 Å². The number of hydrogen-bond donors (Lipinski definition) is 1. The maximum Gasteiger partial charge on any atom is 0.322 e. The lowest BCUT2D eigenvalue weighted by Crippen LogP contribution is -2.32. The second-order valence-corrected chi connectivity index (χ2v) is 3.15. The Kier molecular flexibility index (Phi) is 6.00. The Morgan fingerprint density at radius 1 is 1.67 bits per heavy atom. The summed E-state index contributed by atoms with van der Waals surface area (Å²) < 4.78 is 27.5. The van der Waals surface area contributed by atoms with Crippen molar-refractivity contribution in [2.24, 2.45) is 5.73 Å². The molecule has 0 spiro atoms. The average molecular weight is 199 g/mol. The molecule has 0 unspecified atom stereocenters. The van der Waals surface area contributed by atoms with Crippen molar-refractivity contribution in [3.8, 4) is 0 Å². The van der Waals surface area contributed by atoms with Gasteiger partial charge in [0, 0.05) is 5.75 Å². The van der Waals surface area contributed by atoms with Crippen LogP contribution in [0.2, 0.25) is 0 Å². The lowest BCUT2D eigenvalue weighted by molar-refractivity contribution is -0.142. The lowest BCUT2D eigenvalue weighted by atomic mass is 10.2. The average Bonchev–Trinajstić information content (AvgIpc) is 2.02. The summed E-state index contributed by atoms with van der Waals surface area (Å²) in [5, 5.41) is 0. The number of carbonyl (C=O) groups is 1. The van der Waals surface area contributed by atoms with Gasteiger partial charge < -0.3 is 10.5 Å². The van der Waals surface area contributed by atoms with E-state index in [0.29, 0.717) is 11.8 Å². The second-order valence-electron chi connectivity index (χ2n) is 2.05. The summed E-state index contributed by atoms with van der Waals surface area (Å²) >= 11 is 0.466. The molecule has 0 fully saturated rings. The number of carbonyl (C=O) groups excluding carboxylic acids is 1. The quantitative estimate of drug-likeness (QED) is 0.666. The normalized spacial score (nSPS) is 13.1. The van der Waals surface area contributed by atoms with Gasteiger partial charge >= 0.3 is 5.97 Å². The Bertz CT molecular complexity index is 146. The van der Waals surface area contributed by atoms with Gasteiger partial charge in [-0.2, -0.15) is 8.78 Å². The molecular formula is C6H11F2NO2S. The van der Waals surface area contributed by atoms with Crippen LogP contribution in [0.4, 0.5) is 8.78 Å². The van der Waals surface area contributed by atoms with E-state index < -0.39 is 17.8 Å². The van der Waals surface area contributed by atoms with E-state index in [0.717, 1.165) is 0 Å². The van der Waals surface area contributed by atoms with Gasteiger partial charge in [-0.05, 0) is 6.42 Å². The first-order valence-electron chi connectivity index (χ1n) is 3.31. The molecule has 0 aromatic heterocycles. The molecule has 6 heteroatoms. The number of alkyl halides is 2. The largest absolute Gasteiger partial charge is 0.468 e. The fraction of sp³-hybridized carbons (Fsp3) is 0.833. The molecule has 0 saturated heterocycles.